The first kappa shape index (κ1) is 25.4. The highest BCUT2D eigenvalue weighted by Gasteiger charge is 2.12. The Balaban J connectivity index is 1.54. The molecule has 4 aromatic rings. The van der Waals surface area contributed by atoms with Gasteiger partial charge in [0.1, 0.15) is 0 Å². The first-order valence-corrected chi connectivity index (χ1v) is 12.2. The molecule has 4 rings (SSSR count). The van der Waals surface area contributed by atoms with Crippen molar-refractivity contribution in [2.24, 2.45) is 0 Å². The summed E-state index contributed by atoms with van der Waals surface area (Å²) in [6.07, 6.45) is 6.84. The van der Waals surface area contributed by atoms with Gasteiger partial charge in [-0.15, -0.1) is 0 Å². The molecular weight excluding hydrogens is 466 g/mol. The van der Waals surface area contributed by atoms with Crippen LogP contribution in [0.15, 0.2) is 79.4 Å². The number of benzene rings is 3. The van der Waals surface area contributed by atoms with Gasteiger partial charge in [0.25, 0.3) is 5.69 Å². The van der Waals surface area contributed by atoms with E-state index in [4.69, 9.17) is 4.74 Å². The van der Waals surface area contributed by atoms with E-state index in [0.717, 1.165) is 59.6 Å². The lowest BCUT2D eigenvalue weighted by Crippen LogP contribution is -2.02. The Morgan fingerprint density at radius 3 is 2.46 bits per heavy atom. The molecule has 0 amide bonds. The summed E-state index contributed by atoms with van der Waals surface area (Å²) in [5, 5.41) is 22.9. The third-order valence-corrected chi connectivity index (χ3v) is 6.30. The third kappa shape index (κ3) is 5.93. The van der Waals surface area contributed by atoms with E-state index >= 15 is 0 Å². The van der Waals surface area contributed by atoms with Crippen LogP contribution in [0.25, 0.3) is 33.5 Å². The number of fused-ring (bicyclic) bond motifs is 3. The number of nitriles is 1. The van der Waals surface area contributed by atoms with Gasteiger partial charge in [0.15, 0.2) is 0 Å². The molecule has 0 saturated carbocycles. The summed E-state index contributed by atoms with van der Waals surface area (Å²) >= 11 is 0. The van der Waals surface area contributed by atoms with Crippen LogP contribution < -0.4 is 0 Å². The predicted octanol–water partition coefficient (Wildman–Crippen LogP) is 7.06. The molecule has 3 aromatic carbocycles. The van der Waals surface area contributed by atoms with E-state index in [2.05, 4.69) is 41.5 Å². The normalized spacial score (nSPS) is 11.4. The van der Waals surface area contributed by atoms with Crippen molar-refractivity contribution in [3.05, 3.63) is 101 Å². The van der Waals surface area contributed by atoms with E-state index in [1.807, 2.05) is 24.3 Å². The van der Waals surface area contributed by atoms with Gasteiger partial charge in [-0.2, -0.15) is 5.26 Å². The van der Waals surface area contributed by atoms with Gasteiger partial charge in [-0.05, 0) is 66.8 Å². The summed E-state index contributed by atoms with van der Waals surface area (Å²) < 4.78 is 7.37. The van der Waals surface area contributed by atoms with Crippen molar-refractivity contribution in [1.82, 2.24) is 4.57 Å². The van der Waals surface area contributed by atoms with Gasteiger partial charge < -0.3 is 9.30 Å². The number of rotatable bonds is 11. The number of allylic oxidation sites excluding steroid dienone is 1. The van der Waals surface area contributed by atoms with E-state index in [1.54, 1.807) is 12.1 Å². The quantitative estimate of drug-likeness (QED) is 0.0424. The highest BCUT2D eigenvalue weighted by Crippen LogP contribution is 2.31. The Bertz CT molecular complexity index is 1520. The molecule has 0 radical (unpaired) electrons. The summed E-state index contributed by atoms with van der Waals surface area (Å²) in [5.74, 6) is -0.380. The average molecular weight is 494 g/mol. The van der Waals surface area contributed by atoms with Gasteiger partial charge in [0, 0.05) is 46.6 Å². The number of hydrogen-bond acceptors (Lipinski definition) is 5. The van der Waals surface area contributed by atoms with E-state index in [-0.39, 0.29) is 11.7 Å². The summed E-state index contributed by atoms with van der Waals surface area (Å²) in [6, 6.07) is 22.7. The molecule has 0 bridgehead atoms. The van der Waals surface area contributed by atoms with Crippen molar-refractivity contribution in [1.29, 1.82) is 5.26 Å². The first-order chi connectivity index (χ1) is 18.0. The standard InChI is InChI=1S/C30H27N3O4/c1-2-30(34)37-18-8-4-3-7-17-32-28-10-6-5-9-26(28)27-20-22(11-16-29(27)32)19-24(21-31)23-12-14-25(15-13-23)33(35)36/h2,5-6,9-16,19-20H,1,3-4,7-8,17-18H2/b24-19-. The number of ether oxygens (including phenoxy) is 1. The maximum atomic E-state index is 11.1. The molecule has 0 aliphatic carbocycles. The monoisotopic (exact) mass is 493 g/mol. The number of nitro groups is 1. The number of unbranched alkanes of at least 4 members (excludes halogenated alkanes) is 3. The SMILES string of the molecule is C=CC(=O)OCCCCCCn1c2ccccc2c2cc(/C=C(/C#N)c3ccc([N+](=O)[O-])cc3)ccc21. The molecular formula is C30H27N3O4. The Labute approximate surface area is 215 Å². The molecule has 0 aliphatic rings. The maximum Gasteiger partial charge on any atom is 0.330 e. The molecule has 186 valence electrons. The molecule has 0 saturated heterocycles. The smallest absolute Gasteiger partial charge is 0.330 e. The molecule has 7 nitrogen and oxygen atoms in total. The number of esters is 1. The number of nitrogens with zero attached hydrogens (tertiary/aromatic N) is 3. The van der Waals surface area contributed by atoms with Crippen LogP contribution >= 0.6 is 0 Å². The fourth-order valence-corrected chi connectivity index (χ4v) is 4.47. The fourth-order valence-electron chi connectivity index (χ4n) is 4.47. The van der Waals surface area contributed by atoms with Crippen LogP contribution in [0.2, 0.25) is 0 Å². The Morgan fingerprint density at radius 1 is 1.00 bits per heavy atom. The van der Waals surface area contributed by atoms with E-state index in [0.29, 0.717) is 17.7 Å². The lowest BCUT2D eigenvalue weighted by molar-refractivity contribution is -0.384. The molecule has 0 atom stereocenters. The molecule has 0 unspecified atom stereocenters. The summed E-state index contributed by atoms with van der Waals surface area (Å²) in [5.41, 5.74) is 4.25. The number of para-hydroxylation sites is 1. The Hall–Kier alpha value is -4.70. The number of aromatic nitrogens is 1. The summed E-state index contributed by atoms with van der Waals surface area (Å²) in [7, 11) is 0. The van der Waals surface area contributed by atoms with Gasteiger partial charge in [-0.3, -0.25) is 10.1 Å². The molecule has 0 fully saturated rings. The number of carbonyl (C=O) groups excluding carboxylic acids is 1. The number of non-ortho nitro benzene ring substituents is 1. The van der Waals surface area contributed by atoms with Gasteiger partial charge in [-0.1, -0.05) is 37.3 Å². The van der Waals surface area contributed by atoms with Crippen LogP contribution in [-0.2, 0) is 16.1 Å². The second-order valence-corrected chi connectivity index (χ2v) is 8.71. The minimum atomic E-state index is -0.454. The van der Waals surface area contributed by atoms with Crippen LogP contribution in [0.4, 0.5) is 5.69 Å². The number of nitro benzene ring substituents is 1. The molecule has 7 heteroatoms. The van der Waals surface area contributed by atoms with Crippen molar-refractivity contribution in [3.63, 3.8) is 0 Å². The van der Waals surface area contributed by atoms with Crippen LogP contribution in [0.3, 0.4) is 0 Å². The highest BCUT2D eigenvalue weighted by atomic mass is 16.6. The summed E-state index contributed by atoms with van der Waals surface area (Å²) in [4.78, 5) is 21.6. The van der Waals surface area contributed by atoms with E-state index in [1.165, 1.54) is 18.2 Å². The zero-order valence-electron chi connectivity index (χ0n) is 20.4. The number of aryl methyl sites for hydroxylation is 1. The topological polar surface area (TPSA) is 98.2 Å². The van der Waals surface area contributed by atoms with Gasteiger partial charge in [-0.25, -0.2) is 4.79 Å². The number of hydrogen-bond donors (Lipinski definition) is 0. The Morgan fingerprint density at radius 2 is 1.73 bits per heavy atom. The summed E-state index contributed by atoms with van der Waals surface area (Å²) in [6.45, 7) is 4.69. The average Bonchev–Trinajstić information content (AvgIpc) is 3.24. The molecule has 1 heterocycles. The van der Waals surface area contributed by atoms with Crippen molar-refractivity contribution in [3.8, 4) is 6.07 Å². The van der Waals surface area contributed by atoms with Crippen molar-refractivity contribution >= 4 is 45.1 Å². The zero-order valence-corrected chi connectivity index (χ0v) is 20.4. The molecule has 0 N–H and O–H groups in total. The van der Waals surface area contributed by atoms with Gasteiger partial charge in [0.05, 0.1) is 23.2 Å². The minimum Gasteiger partial charge on any atom is -0.463 e. The second kappa shape index (κ2) is 11.8. The van der Waals surface area contributed by atoms with E-state index in [9.17, 15) is 20.2 Å². The highest BCUT2D eigenvalue weighted by molar-refractivity contribution is 6.09. The van der Waals surface area contributed by atoms with Gasteiger partial charge in [0.2, 0.25) is 0 Å². The fraction of sp³-hybridized carbons (Fsp3) is 0.200. The lowest BCUT2D eigenvalue weighted by atomic mass is 10.0. The lowest BCUT2D eigenvalue weighted by Gasteiger charge is -2.08. The van der Waals surface area contributed by atoms with Crippen molar-refractivity contribution in [2.75, 3.05) is 6.61 Å². The molecule has 0 spiro atoms. The second-order valence-electron chi connectivity index (χ2n) is 8.71. The minimum absolute atomic E-state index is 0.00797. The molecule has 0 aliphatic heterocycles. The molecule has 37 heavy (non-hydrogen) atoms. The van der Waals surface area contributed by atoms with Crippen LogP contribution in [-0.4, -0.2) is 22.1 Å². The van der Waals surface area contributed by atoms with Crippen molar-refractivity contribution in [2.45, 2.75) is 32.2 Å². The zero-order chi connectivity index (χ0) is 26.2. The van der Waals surface area contributed by atoms with Crippen LogP contribution in [0.1, 0.15) is 36.8 Å². The van der Waals surface area contributed by atoms with Gasteiger partial charge >= 0.3 is 5.97 Å². The van der Waals surface area contributed by atoms with E-state index < -0.39 is 4.92 Å². The van der Waals surface area contributed by atoms with Crippen LogP contribution in [0.5, 0.6) is 0 Å². The number of carbonyl (C=O) groups is 1. The third-order valence-electron chi connectivity index (χ3n) is 6.30. The first-order valence-electron chi connectivity index (χ1n) is 12.2. The molecule has 1 aromatic heterocycles. The maximum absolute atomic E-state index is 11.1. The largest absolute Gasteiger partial charge is 0.463 e. The van der Waals surface area contributed by atoms with Crippen LogP contribution in [0, 0.1) is 21.4 Å². The Kier molecular flexibility index (Phi) is 8.11. The van der Waals surface area contributed by atoms with Crippen molar-refractivity contribution < 1.29 is 14.5 Å². The predicted molar refractivity (Wildman–Crippen MR) is 146 cm³/mol.